The molecule has 3 nitrogen and oxygen atoms in total. The number of alkyl halides is 3. The van der Waals surface area contributed by atoms with E-state index in [0.717, 1.165) is 11.8 Å². The Morgan fingerprint density at radius 2 is 1.89 bits per heavy atom. The van der Waals surface area contributed by atoms with Crippen molar-refractivity contribution in [1.29, 1.82) is 0 Å². The van der Waals surface area contributed by atoms with Gasteiger partial charge in [-0.1, -0.05) is 0 Å². The third kappa shape index (κ3) is 3.19. The fraction of sp³-hybridized carbons (Fsp3) is 0.538. The number of aliphatic hydroxyl groups excluding tert-OH is 1. The predicted octanol–water partition coefficient (Wildman–Crippen LogP) is 2.13. The average molecular weight is 274 g/mol. The molecule has 0 atom stereocenters. The third-order valence-corrected chi connectivity index (χ3v) is 3.44. The highest BCUT2D eigenvalue weighted by molar-refractivity contribution is 5.52. The Morgan fingerprint density at radius 3 is 2.42 bits per heavy atom. The largest absolute Gasteiger partial charge is 0.416 e. The molecule has 106 valence electrons. The van der Waals surface area contributed by atoms with Crippen LogP contribution in [0.15, 0.2) is 18.2 Å². The summed E-state index contributed by atoms with van der Waals surface area (Å²) in [5.41, 5.74) is 5.58. The van der Waals surface area contributed by atoms with Crippen LogP contribution >= 0.6 is 0 Å². The van der Waals surface area contributed by atoms with Gasteiger partial charge in [-0.15, -0.1) is 0 Å². The van der Waals surface area contributed by atoms with Crippen LogP contribution in [0.25, 0.3) is 0 Å². The van der Waals surface area contributed by atoms with Crippen molar-refractivity contribution in [3.63, 3.8) is 0 Å². The van der Waals surface area contributed by atoms with E-state index >= 15 is 0 Å². The molecule has 0 bridgehead atoms. The lowest BCUT2D eigenvalue weighted by molar-refractivity contribution is -0.138. The molecule has 1 saturated heterocycles. The Kier molecular flexibility index (Phi) is 4.01. The van der Waals surface area contributed by atoms with Crippen molar-refractivity contribution in [3.8, 4) is 0 Å². The Bertz CT molecular complexity index is 440. The molecule has 2 rings (SSSR count). The van der Waals surface area contributed by atoms with Gasteiger partial charge in [0.2, 0.25) is 0 Å². The van der Waals surface area contributed by atoms with Crippen LogP contribution in [0.3, 0.4) is 0 Å². The third-order valence-electron chi connectivity index (χ3n) is 3.44. The number of halogens is 3. The van der Waals surface area contributed by atoms with Crippen LogP contribution in [0, 0.1) is 0 Å². The standard InChI is InChI=1S/C13H17F3N2O/c14-13(15,16)12-2-1-10(7-9(12)8-17)18-5-3-11(19)4-6-18/h1-2,7,11,19H,3-6,8,17H2. The lowest BCUT2D eigenvalue weighted by atomic mass is 10.0. The minimum absolute atomic E-state index is 0.108. The molecule has 0 aliphatic carbocycles. The van der Waals surface area contributed by atoms with E-state index < -0.39 is 11.7 Å². The highest BCUT2D eigenvalue weighted by Gasteiger charge is 2.33. The van der Waals surface area contributed by atoms with E-state index in [4.69, 9.17) is 5.73 Å². The molecule has 0 unspecified atom stereocenters. The van der Waals surface area contributed by atoms with Crippen LogP contribution in [0.1, 0.15) is 24.0 Å². The highest BCUT2D eigenvalue weighted by Crippen LogP contribution is 2.34. The van der Waals surface area contributed by atoms with E-state index in [9.17, 15) is 18.3 Å². The van der Waals surface area contributed by atoms with Crippen molar-refractivity contribution in [2.24, 2.45) is 5.73 Å². The molecule has 1 aliphatic rings. The van der Waals surface area contributed by atoms with Crippen LogP contribution in [0.5, 0.6) is 0 Å². The number of piperidine rings is 1. The molecule has 1 aliphatic heterocycles. The second-order valence-electron chi connectivity index (χ2n) is 4.76. The van der Waals surface area contributed by atoms with E-state index in [1.165, 1.54) is 12.1 Å². The van der Waals surface area contributed by atoms with Crippen molar-refractivity contribution < 1.29 is 18.3 Å². The zero-order chi connectivity index (χ0) is 14.0. The number of rotatable bonds is 2. The Morgan fingerprint density at radius 1 is 1.26 bits per heavy atom. The second-order valence-corrected chi connectivity index (χ2v) is 4.76. The Labute approximate surface area is 109 Å². The van der Waals surface area contributed by atoms with E-state index in [1.807, 2.05) is 4.90 Å². The average Bonchev–Trinajstić information content (AvgIpc) is 2.38. The molecule has 0 aromatic heterocycles. The predicted molar refractivity (Wildman–Crippen MR) is 66.8 cm³/mol. The zero-order valence-electron chi connectivity index (χ0n) is 10.5. The summed E-state index contributed by atoms with van der Waals surface area (Å²) in [6.45, 7) is 1.16. The molecule has 0 saturated carbocycles. The van der Waals surface area contributed by atoms with Gasteiger partial charge >= 0.3 is 6.18 Å². The smallest absolute Gasteiger partial charge is 0.393 e. The van der Waals surface area contributed by atoms with Gasteiger partial charge in [-0.3, -0.25) is 0 Å². The maximum atomic E-state index is 12.8. The lowest BCUT2D eigenvalue weighted by Crippen LogP contribution is -2.35. The monoisotopic (exact) mass is 274 g/mol. The van der Waals surface area contributed by atoms with Gasteiger partial charge in [-0.05, 0) is 36.6 Å². The fourth-order valence-electron chi connectivity index (χ4n) is 2.35. The van der Waals surface area contributed by atoms with Crippen LogP contribution in [-0.4, -0.2) is 24.3 Å². The topological polar surface area (TPSA) is 49.5 Å². The van der Waals surface area contributed by atoms with Gasteiger partial charge < -0.3 is 15.7 Å². The molecule has 3 N–H and O–H groups in total. The molecule has 0 radical (unpaired) electrons. The highest BCUT2D eigenvalue weighted by atomic mass is 19.4. The Balaban J connectivity index is 2.24. The normalized spacial score (nSPS) is 17.8. The number of anilines is 1. The van der Waals surface area contributed by atoms with Gasteiger partial charge in [0.05, 0.1) is 11.7 Å². The van der Waals surface area contributed by atoms with Crippen molar-refractivity contribution in [2.75, 3.05) is 18.0 Å². The number of hydrogen-bond donors (Lipinski definition) is 2. The molecule has 1 fully saturated rings. The number of nitrogens with two attached hydrogens (primary N) is 1. The summed E-state index contributed by atoms with van der Waals surface area (Å²) < 4.78 is 38.3. The molecular weight excluding hydrogens is 257 g/mol. The molecule has 1 aromatic carbocycles. The SMILES string of the molecule is NCc1cc(N2CCC(O)CC2)ccc1C(F)(F)F. The van der Waals surface area contributed by atoms with E-state index in [-0.39, 0.29) is 18.2 Å². The van der Waals surface area contributed by atoms with Gasteiger partial charge in [0.15, 0.2) is 0 Å². The quantitative estimate of drug-likeness (QED) is 0.868. The van der Waals surface area contributed by atoms with E-state index in [2.05, 4.69) is 0 Å². The van der Waals surface area contributed by atoms with Gasteiger partial charge in [-0.25, -0.2) is 0 Å². The maximum Gasteiger partial charge on any atom is 0.416 e. The van der Waals surface area contributed by atoms with Crippen LogP contribution in [0.2, 0.25) is 0 Å². The maximum absolute atomic E-state index is 12.8. The minimum Gasteiger partial charge on any atom is -0.393 e. The summed E-state index contributed by atoms with van der Waals surface area (Å²) in [7, 11) is 0. The molecule has 6 heteroatoms. The summed E-state index contributed by atoms with van der Waals surface area (Å²) in [5, 5.41) is 9.43. The zero-order valence-corrected chi connectivity index (χ0v) is 10.5. The van der Waals surface area contributed by atoms with Gasteiger partial charge in [0.25, 0.3) is 0 Å². The summed E-state index contributed by atoms with van der Waals surface area (Å²) in [6.07, 6.45) is -3.40. The van der Waals surface area contributed by atoms with E-state index in [0.29, 0.717) is 25.9 Å². The minimum atomic E-state index is -4.37. The first kappa shape index (κ1) is 14.1. The number of nitrogens with zero attached hydrogens (tertiary/aromatic N) is 1. The van der Waals surface area contributed by atoms with Gasteiger partial charge in [0.1, 0.15) is 0 Å². The van der Waals surface area contributed by atoms with Crippen LogP contribution < -0.4 is 10.6 Å². The van der Waals surface area contributed by atoms with Crippen molar-refractivity contribution >= 4 is 5.69 Å². The van der Waals surface area contributed by atoms with Crippen LogP contribution in [0.4, 0.5) is 18.9 Å². The Hall–Kier alpha value is -1.27. The molecule has 0 amide bonds. The van der Waals surface area contributed by atoms with Crippen molar-refractivity contribution in [2.45, 2.75) is 31.7 Å². The first-order chi connectivity index (χ1) is 8.91. The number of aliphatic hydroxyl groups is 1. The van der Waals surface area contributed by atoms with Crippen molar-refractivity contribution in [3.05, 3.63) is 29.3 Å². The summed E-state index contributed by atoms with van der Waals surface area (Å²) in [5.74, 6) is 0. The molecular formula is C13H17F3N2O. The summed E-state index contributed by atoms with van der Waals surface area (Å²) in [4.78, 5) is 1.98. The molecule has 1 heterocycles. The second kappa shape index (κ2) is 5.38. The number of benzene rings is 1. The fourth-order valence-corrected chi connectivity index (χ4v) is 2.35. The number of hydrogen-bond acceptors (Lipinski definition) is 3. The first-order valence-corrected chi connectivity index (χ1v) is 6.25. The lowest BCUT2D eigenvalue weighted by Gasteiger charge is -2.32. The van der Waals surface area contributed by atoms with Gasteiger partial charge in [-0.2, -0.15) is 13.2 Å². The molecule has 19 heavy (non-hydrogen) atoms. The van der Waals surface area contributed by atoms with Crippen LogP contribution in [-0.2, 0) is 12.7 Å². The first-order valence-electron chi connectivity index (χ1n) is 6.25. The molecule has 1 aromatic rings. The van der Waals surface area contributed by atoms with E-state index in [1.54, 1.807) is 0 Å². The summed E-state index contributed by atoms with van der Waals surface area (Å²) in [6, 6.07) is 4.06. The summed E-state index contributed by atoms with van der Waals surface area (Å²) >= 11 is 0. The van der Waals surface area contributed by atoms with Gasteiger partial charge in [0, 0.05) is 25.3 Å². The van der Waals surface area contributed by atoms with Crippen molar-refractivity contribution in [1.82, 2.24) is 0 Å². The molecule has 0 spiro atoms.